The smallest absolute Gasteiger partial charge is 0.356 e. The van der Waals surface area contributed by atoms with Crippen LogP contribution < -0.4 is 0 Å². The Labute approximate surface area is 206 Å². The van der Waals surface area contributed by atoms with E-state index in [0.717, 1.165) is 0 Å². The Morgan fingerprint density at radius 2 is 0.235 bits per heavy atom. The summed E-state index contributed by atoms with van der Waals surface area (Å²) in [5, 5.41) is 118. The predicted molar refractivity (Wildman–Crippen MR) is 82.9 cm³/mol. The maximum atomic E-state index is 8.25. The van der Waals surface area contributed by atoms with Crippen molar-refractivity contribution in [3.8, 4) is 0 Å². The standard InChI is InChI=1S/8NO3.Ti.W/c8*2-1(3)4;;/q8*-1;2*+4. The molecule has 0 fully saturated rings. The third-order valence-electron chi connectivity index (χ3n) is 0. The van der Waals surface area contributed by atoms with Gasteiger partial charge in [0.25, 0.3) is 0 Å². The average Bonchev–Trinajstić information content (AvgIpc) is 2.30. The molecule has 32 nitrogen and oxygen atoms in total. The van der Waals surface area contributed by atoms with E-state index in [1.54, 1.807) is 0 Å². The molecule has 194 valence electrons. The van der Waals surface area contributed by atoms with Gasteiger partial charge in [-0.25, -0.2) is 0 Å². The van der Waals surface area contributed by atoms with Crippen LogP contribution in [0.1, 0.15) is 0 Å². The number of hydrogen-bond acceptors (Lipinski definition) is 24. The molecule has 0 saturated heterocycles. The van der Waals surface area contributed by atoms with Gasteiger partial charge in [0.1, 0.15) is 0 Å². The Balaban J connectivity index is -0.0000000240. The molecule has 0 N–H and O–H groups in total. The van der Waals surface area contributed by atoms with E-state index < -0.39 is 40.7 Å². The molecular formula is N8O24TiW. The van der Waals surface area contributed by atoms with Crippen molar-refractivity contribution in [2.45, 2.75) is 0 Å². The van der Waals surface area contributed by atoms with Crippen molar-refractivity contribution in [1.82, 2.24) is 0 Å². The van der Waals surface area contributed by atoms with E-state index in [0.29, 0.717) is 0 Å². The van der Waals surface area contributed by atoms with Gasteiger partial charge >= 0.3 is 42.8 Å². The minimum absolute atomic E-state index is 0. The first-order valence-electron chi connectivity index (χ1n) is 4.38. The minimum atomic E-state index is -1.75. The monoisotopic (exact) mass is 728 g/mol. The van der Waals surface area contributed by atoms with Gasteiger partial charge in [0.2, 0.25) is 0 Å². The minimum Gasteiger partial charge on any atom is -0.356 e. The quantitative estimate of drug-likeness (QED) is 0.149. The summed E-state index contributed by atoms with van der Waals surface area (Å²) in [4.78, 5) is 66.0. The molecule has 0 rings (SSSR count). The molecule has 0 unspecified atom stereocenters. The summed E-state index contributed by atoms with van der Waals surface area (Å²) in [5.74, 6) is 0. The van der Waals surface area contributed by atoms with Crippen LogP contribution >= 0.6 is 0 Å². The van der Waals surface area contributed by atoms with Crippen molar-refractivity contribution in [3.63, 3.8) is 0 Å². The molecule has 0 aliphatic rings. The van der Waals surface area contributed by atoms with E-state index in [9.17, 15) is 0 Å². The van der Waals surface area contributed by atoms with Crippen LogP contribution in [0.4, 0.5) is 0 Å². The number of rotatable bonds is 0. The van der Waals surface area contributed by atoms with E-state index in [4.69, 9.17) is 123 Å². The third-order valence-corrected chi connectivity index (χ3v) is 0. The van der Waals surface area contributed by atoms with Gasteiger partial charge in [-0.05, 0) is 0 Å². The first-order chi connectivity index (χ1) is 13.9. The van der Waals surface area contributed by atoms with Crippen LogP contribution in [0.5, 0.6) is 0 Å². The van der Waals surface area contributed by atoms with Crippen LogP contribution in [0.25, 0.3) is 0 Å². The van der Waals surface area contributed by atoms with Crippen LogP contribution in [0.3, 0.4) is 0 Å². The Kier molecular flexibility index (Phi) is 105. The van der Waals surface area contributed by atoms with Crippen LogP contribution in [-0.4, -0.2) is 40.7 Å². The van der Waals surface area contributed by atoms with Gasteiger partial charge in [-0.2, -0.15) is 0 Å². The molecule has 0 aliphatic heterocycles. The summed E-state index contributed by atoms with van der Waals surface area (Å²) in [5.41, 5.74) is 0. The summed E-state index contributed by atoms with van der Waals surface area (Å²) >= 11 is 0. The second kappa shape index (κ2) is 56.5. The summed E-state index contributed by atoms with van der Waals surface area (Å²) in [6.07, 6.45) is 0. The Bertz CT molecular complexity index is 367. The molecule has 0 saturated carbocycles. The summed E-state index contributed by atoms with van der Waals surface area (Å²) in [6.45, 7) is 0. The van der Waals surface area contributed by atoms with Crippen molar-refractivity contribution in [2.24, 2.45) is 0 Å². The second-order valence-electron chi connectivity index (χ2n) is 1.79. The average molecular weight is 728 g/mol. The number of nitrogens with zero attached hydrogens (tertiary/aromatic N) is 8. The Morgan fingerprint density at radius 1 is 0.235 bits per heavy atom. The predicted octanol–water partition coefficient (Wildman–Crippen LogP) is -1.92. The topological polar surface area (TPSA) is 530 Å². The van der Waals surface area contributed by atoms with Gasteiger partial charge in [0.15, 0.2) is 0 Å². The summed E-state index contributed by atoms with van der Waals surface area (Å²) < 4.78 is 0. The maximum Gasteiger partial charge on any atom is 4.00 e. The zero-order valence-corrected chi connectivity index (χ0v) is 18.8. The molecule has 34 heteroatoms. The van der Waals surface area contributed by atoms with Gasteiger partial charge in [-0.1, -0.05) is 0 Å². The van der Waals surface area contributed by atoms with Gasteiger partial charge < -0.3 is 123 Å². The van der Waals surface area contributed by atoms with Crippen molar-refractivity contribution in [1.29, 1.82) is 0 Å². The molecule has 0 aromatic carbocycles. The SMILES string of the molecule is O=[N+]([O-])[O-].O=[N+]([O-])[O-].O=[N+]([O-])[O-].O=[N+]([O-])[O-].O=[N+]([O-])[O-].O=[N+]([O-])[O-].O=[N+]([O-])[O-].O=[N+]([O-])[O-].[Ti+4].[W+4]. The number of hydrogen-bond donors (Lipinski definition) is 0. The summed E-state index contributed by atoms with van der Waals surface area (Å²) in [6, 6.07) is 0. The molecule has 0 aromatic rings. The van der Waals surface area contributed by atoms with Gasteiger partial charge in [0, 0.05) is 0 Å². The van der Waals surface area contributed by atoms with Crippen LogP contribution in [0.15, 0.2) is 0 Å². The summed E-state index contributed by atoms with van der Waals surface area (Å²) in [7, 11) is 0. The van der Waals surface area contributed by atoms with Crippen molar-refractivity contribution in [3.05, 3.63) is 123 Å². The molecular weight excluding hydrogens is 728 g/mol. The van der Waals surface area contributed by atoms with E-state index in [2.05, 4.69) is 0 Å². The fourth-order valence-corrected chi connectivity index (χ4v) is 0. The van der Waals surface area contributed by atoms with Crippen LogP contribution in [0.2, 0.25) is 0 Å². The molecule has 0 aliphatic carbocycles. The zero-order valence-electron chi connectivity index (χ0n) is 14.3. The molecule has 34 heavy (non-hydrogen) atoms. The molecule has 0 spiro atoms. The van der Waals surface area contributed by atoms with E-state index in [1.165, 1.54) is 0 Å². The second-order valence-corrected chi connectivity index (χ2v) is 1.79. The first kappa shape index (κ1) is 63.0. The zero-order chi connectivity index (χ0) is 28.6. The van der Waals surface area contributed by atoms with Crippen LogP contribution in [0, 0.1) is 123 Å². The van der Waals surface area contributed by atoms with E-state index in [-0.39, 0.29) is 42.8 Å². The fourth-order valence-electron chi connectivity index (χ4n) is 0. The molecule has 0 bridgehead atoms. The maximum absolute atomic E-state index is 8.25. The largest absolute Gasteiger partial charge is 4.00 e. The van der Waals surface area contributed by atoms with E-state index >= 15 is 0 Å². The van der Waals surface area contributed by atoms with Crippen LogP contribution in [-0.2, 0) is 42.8 Å². The van der Waals surface area contributed by atoms with Crippen molar-refractivity contribution in [2.75, 3.05) is 0 Å². The van der Waals surface area contributed by atoms with Gasteiger partial charge in [-0.3, -0.25) is 0 Å². The Morgan fingerprint density at radius 3 is 0.235 bits per heavy atom. The molecule has 0 aromatic heterocycles. The third kappa shape index (κ3) is 731. The fraction of sp³-hybridized carbons (Fsp3) is 0. The molecule has 0 heterocycles. The van der Waals surface area contributed by atoms with Crippen molar-refractivity contribution >= 4 is 0 Å². The molecule has 0 radical (unpaired) electrons. The van der Waals surface area contributed by atoms with Gasteiger partial charge in [-0.15, -0.1) is 0 Å². The van der Waals surface area contributed by atoms with Crippen molar-refractivity contribution < 1.29 is 83.5 Å². The first-order valence-corrected chi connectivity index (χ1v) is 4.38. The molecule has 0 amide bonds. The Hall–Kier alpha value is -5.00. The van der Waals surface area contributed by atoms with E-state index in [1.807, 2.05) is 0 Å². The van der Waals surface area contributed by atoms with Gasteiger partial charge in [0.05, 0.1) is 40.7 Å². The molecule has 0 atom stereocenters. The normalized spacial score (nSPS) is 5.65.